The Morgan fingerprint density at radius 2 is 2.00 bits per heavy atom. The Kier molecular flexibility index (Phi) is 5.87. The predicted molar refractivity (Wildman–Crippen MR) is 87.9 cm³/mol. The first kappa shape index (κ1) is 17.1. The van der Waals surface area contributed by atoms with Gasteiger partial charge in [0, 0.05) is 31.3 Å². The Morgan fingerprint density at radius 1 is 1.30 bits per heavy atom. The van der Waals surface area contributed by atoms with Crippen LogP contribution in [0.3, 0.4) is 0 Å². The number of likely N-dealkylation sites (N-methyl/N-ethyl adjacent to an activating group) is 1. The highest BCUT2D eigenvalue weighted by molar-refractivity contribution is 6.00. The number of hydrogen-bond donors (Lipinski definition) is 1. The molecule has 5 nitrogen and oxygen atoms in total. The SMILES string of the molecule is CN(C)C/C=C/C(=O)Nc1ccc(C(=O)N2CCCC2)cc1F. The molecule has 1 aliphatic heterocycles. The Hall–Kier alpha value is -2.21. The minimum absolute atomic E-state index is 0.0717. The fraction of sp³-hybridized carbons (Fsp3) is 0.412. The number of carbonyl (C=O) groups excluding carboxylic acids is 2. The average Bonchev–Trinajstić information content (AvgIpc) is 3.02. The maximum Gasteiger partial charge on any atom is 0.253 e. The van der Waals surface area contributed by atoms with Crippen LogP contribution in [0.15, 0.2) is 30.4 Å². The van der Waals surface area contributed by atoms with E-state index in [2.05, 4.69) is 5.32 Å². The lowest BCUT2D eigenvalue weighted by atomic mass is 10.1. The van der Waals surface area contributed by atoms with E-state index in [1.54, 1.807) is 17.0 Å². The molecule has 1 aromatic rings. The number of rotatable bonds is 5. The summed E-state index contributed by atoms with van der Waals surface area (Å²) in [6.07, 6.45) is 5.03. The van der Waals surface area contributed by atoms with Crippen molar-refractivity contribution in [1.29, 1.82) is 0 Å². The molecule has 23 heavy (non-hydrogen) atoms. The molecule has 1 heterocycles. The van der Waals surface area contributed by atoms with Crippen LogP contribution in [-0.2, 0) is 4.79 Å². The first-order chi connectivity index (χ1) is 11.0. The molecule has 2 rings (SSSR count). The van der Waals surface area contributed by atoms with Crippen LogP contribution >= 0.6 is 0 Å². The molecule has 1 N–H and O–H groups in total. The Morgan fingerprint density at radius 3 is 2.61 bits per heavy atom. The summed E-state index contributed by atoms with van der Waals surface area (Å²) in [6.45, 7) is 2.06. The molecule has 0 unspecified atom stereocenters. The zero-order valence-electron chi connectivity index (χ0n) is 13.5. The summed E-state index contributed by atoms with van der Waals surface area (Å²) in [5.74, 6) is -1.17. The number of halogens is 1. The van der Waals surface area contributed by atoms with E-state index in [-0.39, 0.29) is 11.6 Å². The molecule has 0 aliphatic carbocycles. The second-order valence-electron chi connectivity index (χ2n) is 5.85. The Bertz CT molecular complexity index is 608. The highest BCUT2D eigenvalue weighted by Crippen LogP contribution is 2.19. The monoisotopic (exact) mass is 319 g/mol. The largest absolute Gasteiger partial charge is 0.339 e. The third-order valence-electron chi connectivity index (χ3n) is 3.61. The maximum atomic E-state index is 14.1. The van der Waals surface area contributed by atoms with Gasteiger partial charge in [0.05, 0.1) is 5.69 Å². The maximum absolute atomic E-state index is 14.1. The van der Waals surface area contributed by atoms with E-state index < -0.39 is 11.7 Å². The van der Waals surface area contributed by atoms with Gasteiger partial charge in [-0.3, -0.25) is 9.59 Å². The van der Waals surface area contributed by atoms with Crippen molar-refractivity contribution in [1.82, 2.24) is 9.80 Å². The minimum Gasteiger partial charge on any atom is -0.339 e. The number of amides is 2. The van der Waals surface area contributed by atoms with Crippen LogP contribution < -0.4 is 5.32 Å². The number of likely N-dealkylation sites (tertiary alicyclic amines) is 1. The van der Waals surface area contributed by atoms with Crippen LogP contribution in [0.1, 0.15) is 23.2 Å². The van der Waals surface area contributed by atoms with E-state index in [1.165, 1.54) is 18.2 Å². The van der Waals surface area contributed by atoms with Gasteiger partial charge in [-0.1, -0.05) is 6.08 Å². The van der Waals surface area contributed by atoms with Crippen LogP contribution in [0.25, 0.3) is 0 Å². The van der Waals surface area contributed by atoms with Crippen molar-refractivity contribution in [3.63, 3.8) is 0 Å². The van der Waals surface area contributed by atoms with Gasteiger partial charge in [-0.25, -0.2) is 4.39 Å². The number of nitrogens with zero attached hydrogens (tertiary/aromatic N) is 2. The lowest BCUT2D eigenvalue weighted by Crippen LogP contribution is -2.27. The van der Waals surface area contributed by atoms with Crippen molar-refractivity contribution in [2.75, 3.05) is 39.0 Å². The van der Waals surface area contributed by atoms with Crippen LogP contribution in [0.4, 0.5) is 10.1 Å². The van der Waals surface area contributed by atoms with Gasteiger partial charge in [-0.2, -0.15) is 0 Å². The molecular weight excluding hydrogens is 297 g/mol. The first-order valence-electron chi connectivity index (χ1n) is 7.68. The molecule has 2 amide bonds. The summed E-state index contributed by atoms with van der Waals surface area (Å²) in [5, 5.41) is 2.48. The van der Waals surface area contributed by atoms with Crippen LogP contribution in [-0.4, -0.2) is 55.3 Å². The first-order valence-corrected chi connectivity index (χ1v) is 7.68. The molecule has 124 valence electrons. The second-order valence-corrected chi connectivity index (χ2v) is 5.85. The summed E-state index contributed by atoms with van der Waals surface area (Å²) in [7, 11) is 3.77. The highest BCUT2D eigenvalue weighted by atomic mass is 19.1. The van der Waals surface area contributed by atoms with Gasteiger partial charge in [-0.15, -0.1) is 0 Å². The molecule has 1 aliphatic rings. The molecule has 0 saturated carbocycles. The summed E-state index contributed by atoms with van der Waals surface area (Å²) < 4.78 is 14.1. The van der Waals surface area contributed by atoms with E-state index in [0.717, 1.165) is 25.9 Å². The third kappa shape index (κ3) is 4.89. The summed E-state index contributed by atoms with van der Waals surface area (Å²) in [6, 6.07) is 4.15. The number of hydrogen-bond acceptors (Lipinski definition) is 3. The van der Waals surface area contributed by atoms with E-state index in [0.29, 0.717) is 12.1 Å². The van der Waals surface area contributed by atoms with Gasteiger partial charge in [0.2, 0.25) is 5.91 Å². The zero-order valence-corrected chi connectivity index (χ0v) is 13.5. The molecule has 0 atom stereocenters. The standard InChI is InChI=1S/C17H22FN3O2/c1-20(2)9-5-6-16(22)19-15-8-7-13(12-14(15)18)17(23)21-10-3-4-11-21/h5-8,12H,3-4,9-11H2,1-2H3,(H,19,22)/b6-5+. The second kappa shape index (κ2) is 7.87. The van der Waals surface area contributed by atoms with Gasteiger partial charge < -0.3 is 15.1 Å². The van der Waals surface area contributed by atoms with Gasteiger partial charge in [0.25, 0.3) is 5.91 Å². The quantitative estimate of drug-likeness (QED) is 0.846. The molecule has 0 aromatic heterocycles. The van der Waals surface area contributed by atoms with Gasteiger partial charge in [0.1, 0.15) is 5.82 Å². The topological polar surface area (TPSA) is 52.7 Å². The normalized spacial score (nSPS) is 14.7. The fourth-order valence-corrected chi connectivity index (χ4v) is 2.40. The van der Waals surface area contributed by atoms with Gasteiger partial charge in [0.15, 0.2) is 0 Å². The Balaban J connectivity index is 2.00. The van der Waals surface area contributed by atoms with Crippen molar-refractivity contribution in [2.45, 2.75) is 12.8 Å². The lowest BCUT2D eigenvalue weighted by molar-refractivity contribution is -0.111. The van der Waals surface area contributed by atoms with Crippen molar-refractivity contribution >= 4 is 17.5 Å². The number of anilines is 1. The molecule has 0 bridgehead atoms. The number of benzene rings is 1. The molecule has 0 radical (unpaired) electrons. The van der Waals surface area contributed by atoms with Gasteiger partial charge >= 0.3 is 0 Å². The molecular formula is C17H22FN3O2. The molecule has 0 spiro atoms. The summed E-state index contributed by atoms with van der Waals surface area (Å²) in [4.78, 5) is 27.5. The summed E-state index contributed by atoms with van der Waals surface area (Å²) >= 11 is 0. The zero-order chi connectivity index (χ0) is 16.8. The molecule has 1 saturated heterocycles. The average molecular weight is 319 g/mol. The van der Waals surface area contributed by atoms with E-state index >= 15 is 0 Å². The number of nitrogens with one attached hydrogen (secondary N) is 1. The predicted octanol–water partition coefficient (Wildman–Crippen LogP) is 2.12. The molecule has 6 heteroatoms. The highest BCUT2D eigenvalue weighted by Gasteiger charge is 2.20. The minimum atomic E-state index is -0.607. The van der Waals surface area contributed by atoms with Crippen molar-refractivity contribution in [2.24, 2.45) is 0 Å². The fourth-order valence-electron chi connectivity index (χ4n) is 2.40. The Labute approximate surface area is 135 Å². The molecule has 1 aromatic carbocycles. The molecule has 1 fully saturated rings. The lowest BCUT2D eigenvalue weighted by Gasteiger charge is -2.15. The summed E-state index contributed by atoms with van der Waals surface area (Å²) in [5.41, 5.74) is 0.382. The van der Waals surface area contributed by atoms with Crippen LogP contribution in [0.5, 0.6) is 0 Å². The van der Waals surface area contributed by atoms with E-state index in [4.69, 9.17) is 0 Å². The van der Waals surface area contributed by atoms with Crippen LogP contribution in [0, 0.1) is 5.82 Å². The van der Waals surface area contributed by atoms with Crippen molar-refractivity contribution in [3.05, 3.63) is 41.7 Å². The van der Waals surface area contributed by atoms with E-state index in [1.807, 2.05) is 19.0 Å². The van der Waals surface area contributed by atoms with Crippen molar-refractivity contribution in [3.8, 4) is 0 Å². The smallest absolute Gasteiger partial charge is 0.253 e. The van der Waals surface area contributed by atoms with Crippen molar-refractivity contribution < 1.29 is 14.0 Å². The van der Waals surface area contributed by atoms with Crippen LogP contribution in [0.2, 0.25) is 0 Å². The third-order valence-corrected chi connectivity index (χ3v) is 3.61. The van der Waals surface area contributed by atoms with Gasteiger partial charge in [-0.05, 0) is 45.1 Å². The number of carbonyl (C=O) groups is 2. The van der Waals surface area contributed by atoms with E-state index in [9.17, 15) is 14.0 Å².